The number of nitrogens with zero attached hydrogens (tertiary/aromatic N) is 2. The molecule has 0 radical (unpaired) electrons. The van der Waals surface area contributed by atoms with E-state index in [1.165, 1.54) is 6.07 Å². The van der Waals surface area contributed by atoms with Crippen LogP contribution >= 0.6 is 0 Å². The summed E-state index contributed by atoms with van der Waals surface area (Å²) in [6, 6.07) is 7.22. The van der Waals surface area contributed by atoms with Crippen molar-refractivity contribution in [1.29, 1.82) is 0 Å². The van der Waals surface area contributed by atoms with Gasteiger partial charge in [0.15, 0.2) is 0 Å². The maximum Gasteiger partial charge on any atom is 0.295 e. The molecule has 19 heavy (non-hydrogen) atoms. The highest BCUT2D eigenvalue weighted by molar-refractivity contribution is 5.90. The first-order valence-electron chi connectivity index (χ1n) is 6.49. The zero-order chi connectivity index (χ0) is 14.2. The van der Waals surface area contributed by atoms with Crippen LogP contribution in [0.15, 0.2) is 24.3 Å². The summed E-state index contributed by atoms with van der Waals surface area (Å²) in [5.74, 6) is 0.562. The maximum absolute atomic E-state index is 11.1. The summed E-state index contributed by atoms with van der Waals surface area (Å²) in [6.07, 6.45) is 0. The lowest BCUT2D eigenvalue weighted by molar-refractivity contribution is -0.383. The molecule has 2 aromatic rings. The Kier molecular flexibility index (Phi) is 3.51. The number of pyridine rings is 1. The van der Waals surface area contributed by atoms with Crippen LogP contribution in [0.1, 0.15) is 50.8 Å². The minimum absolute atomic E-state index is 0.0851. The van der Waals surface area contributed by atoms with Crippen molar-refractivity contribution in [3.05, 3.63) is 45.6 Å². The number of benzene rings is 1. The molecule has 0 aliphatic carbocycles. The van der Waals surface area contributed by atoms with Gasteiger partial charge in [-0.25, -0.2) is 4.98 Å². The van der Waals surface area contributed by atoms with Gasteiger partial charge in [-0.2, -0.15) is 0 Å². The average molecular weight is 258 g/mol. The van der Waals surface area contributed by atoms with E-state index in [1.807, 2.05) is 19.9 Å². The third-order valence-corrected chi connectivity index (χ3v) is 3.28. The molecule has 0 bridgehead atoms. The predicted octanol–water partition coefficient (Wildman–Crippen LogP) is 4.39. The molecule has 0 aliphatic rings. The predicted molar refractivity (Wildman–Crippen MR) is 76.6 cm³/mol. The van der Waals surface area contributed by atoms with E-state index in [0.717, 1.165) is 16.6 Å². The highest BCUT2D eigenvalue weighted by atomic mass is 16.6. The van der Waals surface area contributed by atoms with Gasteiger partial charge < -0.3 is 0 Å². The molecule has 4 nitrogen and oxygen atoms in total. The van der Waals surface area contributed by atoms with Gasteiger partial charge in [-0.1, -0.05) is 39.8 Å². The van der Waals surface area contributed by atoms with Gasteiger partial charge in [0.1, 0.15) is 5.52 Å². The molecular weight excluding hydrogens is 240 g/mol. The van der Waals surface area contributed by atoms with Crippen molar-refractivity contribution in [1.82, 2.24) is 4.98 Å². The lowest BCUT2D eigenvalue weighted by atomic mass is 9.95. The molecule has 0 aliphatic heterocycles. The van der Waals surface area contributed by atoms with E-state index in [-0.39, 0.29) is 16.5 Å². The van der Waals surface area contributed by atoms with Gasteiger partial charge in [-0.15, -0.1) is 0 Å². The summed E-state index contributed by atoms with van der Waals surface area (Å²) >= 11 is 0. The molecule has 0 N–H and O–H groups in total. The van der Waals surface area contributed by atoms with Crippen molar-refractivity contribution < 1.29 is 4.92 Å². The Morgan fingerprint density at radius 3 is 2.37 bits per heavy atom. The molecule has 1 heterocycles. The van der Waals surface area contributed by atoms with E-state index in [0.29, 0.717) is 11.4 Å². The monoisotopic (exact) mass is 258 g/mol. The molecule has 0 atom stereocenters. The van der Waals surface area contributed by atoms with Gasteiger partial charge in [0.05, 0.1) is 4.92 Å². The number of rotatable bonds is 3. The molecule has 100 valence electrons. The number of nitro benzene ring substituents is 1. The van der Waals surface area contributed by atoms with Gasteiger partial charge in [0, 0.05) is 17.1 Å². The third kappa shape index (κ3) is 2.43. The van der Waals surface area contributed by atoms with Crippen LogP contribution in [-0.2, 0) is 0 Å². The zero-order valence-corrected chi connectivity index (χ0v) is 11.7. The van der Waals surface area contributed by atoms with Gasteiger partial charge in [-0.05, 0) is 23.5 Å². The fourth-order valence-electron chi connectivity index (χ4n) is 2.20. The second-order valence-corrected chi connectivity index (χ2v) is 5.38. The Morgan fingerprint density at radius 2 is 1.84 bits per heavy atom. The van der Waals surface area contributed by atoms with Gasteiger partial charge >= 0.3 is 0 Å². The van der Waals surface area contributed by atoms with Crippen LogP contribution in [0.25, 0.3) is 10.9 Å². The number of nitro groups is 1. The zero-order valence-electron chi connectivity index (χ0n) is 11.7. The van der Waals surface area contributed by atoms with Crippen LogP contribution in [0.3, 0.4) is 0 Å². The number of fused-ring (bicyclic) bond motifs is 1. The minimum Gasteiger partial charge on any atom is -0.258 e. The van der Waals surface area contributed by atoms with E-state index in [1.54, 1.807) is 6.07 Å². The Morgan fingerprint density at radius 1 is 1.16 bits per heavy atom. The summed E-state index contributed by atoms with van der Waals surface area (Å²) in [5.41, 5.74) is 2.62. The third-order valence-electron chi connectivity index (χ3n) is 3.28. The van der Waals surface area contributed by atoms with Crippen LogP contribution < -0.4 is 0 Å². The summed E-state index contributed by atoms with van der Waals surface area (Å²) in [5, 5.41) is 12.0. The summed E-state index contributed by atoms with van der Waals surface area (Å²) in [7, 11) is 0. The summed E-state index contributed by atoms with van der Waals surface area (Å²) in [4.78, 5) is 15.3. The molecular formula is C15H18N2O2. The van der Waals surface area contributed by atoms with Crippen molar-refractivity contribution in [3.8, 4) is 0 Å². The molecule has 1 aromatic carbocycles. The van der Waals surface area contributed by atoms with Crippen LogP contribution in [-0.4, -0.2) is 9.91 Å². The second-order valence-electron chi connectivity index (χ2n) is 5.38. The number of aromatic nitrogens is 1. The van der Waals surface area contributed by atoms with Crippen molar-refractivity contribution in [2.24, 2.45) is 0 Å². The summed E-state index contributed by atoms with van der Waals surface area (Å²) in [6.45, 7) is 8.29. The first-order valence-corrected chi connectivity index (χ1v) is 6.49. The molecule has 0 saturated carbocycles. The largest absolute Gasteiger partial charge is 0.295 e. The van der Waals surface area contributed by atoms with Crippen molar-refractivity contribution >= 4 is 16.6 Å². The van der Waals surface area contributed by atoms with Crippen molar-refractivity contribution in [3.63, 3.8) is 0 Å². The smallest absolute Gasteiger partial charge is 0.258 e. The van der Waals surface area contributed by atoms with E-state index in [2.05, 4.69) is 24.9 Å². The van der Waals surface area contributed by atoms with Gasteiger partial charge in [0.25, 0.3) is 5.69 Å². The normalized spacial score (nSPS) is 11.5. The molecule has 2 rings (SSSR count). The molecule has 1 aromatic heterocycles. The first kappa shape index (κ1) is 13.5. The van der Waals surface area contributed by atoms with Crippen LogP contribution in [0.4, 0.5) is 5.69 Å². The van der Waals surface area contributed by atoms with Crippen molar-refractivity contribution in [2.45, 2.75) is 39.5 Å². The van der Waals surface area contributed by atoms with Gasteiger partial charge in [0.2, 0.25) is 0 Å². The number of hydrogen-bond donors (Lipinski definition) is 0. The highest BCUT2D eigenvalue weighted by Crippen LogP contribution is 2.32. The fourth-order valence-corrected chi connectivity index (χ4v) is 2.20. The van der Waals surface area contributed by atoms with Gasteiger partial charge in [-0.3, -0.25) is 10.1 Å². The van der Waals surface area contributed by atoms with Crippen LogP contribution in [0.5, 0.6) is 0 Å². The highest BCUT2D eigenvalue weighted by Gasteiger charge is 2.18. The first-order chi connectivity index (χ1) is 8.91. The SMILES string of the molecule is CC(C)c1cc(C(C)C)c2cccc([N+](=O)[O-])c2n1. The topological polar surface area (TPSA) is 56.0 Å². The van der Waals surface area contributed by atoms with Crippen LogP contribution in [0.2, 0.25) is 0 Å². The molecule has 0 unspecified atom stereocenters. The minimum atomic E-state index is -0.358. The number of para-hydroxylation sites is 1. The van der Waals surface area contributed by atoms with E-state index >= 15 is 0 Å². The molecule has 0 amide bonds. The quantitative estimate of drug-likeness (QED) is 0.606. The lowest BCUT2D eigenvalue weighted by Crippen LogP contribution is -2.01. The Bertz CT molecular complexity index is 633. The molecule has 0 saturated heterocycles. The Balaban J connectivity index is 2.87. The Labute approximate surface area is 112 Å². The molecule has 0 fully saturated rings. The summed E-state index contributed by atoms with van der Waals surface area (Å²) < 4.78 is 0. The standard InChI is InChI=1S/C15H18N2O2/c1-9(2)12-8-13(10(3)4)16-15-11(12)6-5-7-14(15)17(18)19/h5-10H,1-4H3. The number of non-ortho nitro benzene ring substituents is 1. The molecule has 0 spiro atoms. The van der Waals surface area contributed by atoms with E-state index < -0.39 is 0 Å². The van der Waals surface area contributed by atoms with Crippen molar-refractivity contribution in [2.75, 3.05) is 0 Å². The fraction of sp³-hybridized carbons (Fsp3) is 0.400. The maximum atomic E-state index is 11.1. The van der Waals surface area contributed by atoms with Crippen LogP contribution in [0, 0.1) is 10.1 Å². The molecule has 4 heteroatoms. The second kappa shape index (κ2) is 4.96. The average Bonchev–Trinajstić information content (AvgIpc) is 2.36. The van der Waals surface area contributed by atoms with E-state index in [9.17, 15) is 10.1 Å². The lowest BCUT2D eigenvalue weighted by Gasteiger charge is -2.14. The number of hydrogen-bond acceptors (Lipinski definition) is 3. The Hall–Kier alpha value is -1.97. The van der Waals surface area contributed by atoms with E-state index in [4.69, 9.17) is 0 Å².